The molecule has 152 valence electrons. The van der Waals surface area contributed by atoms with Gasteiger partial charge in [0.1, 0.15) is 5.82 Å². The minimum atomic E-state index is -0.255. The van der Waals surface area contributed by atoms with Crippen LogP contribution in [-0.4, -0.2) is 17.4 Å². The number of amides is 1. The number of benzene rings is 2. The van der Waals surface area contributed by atoms with Gasteiger partial charge in [-0.25, -0.2) is 9.37 Å². The Balaban J connectivity index is 1.43. The van der Waals surface area contributed by atoms with E-state index in [9.17, 15) is 9.18 Å². The molecule has 0 saturated carbocycles. The van der Waals surface area contributed by atoms with E-state index < -0.39 is 0 Å². The van der Waals surface area contributed by atoms with Crippen LogP contribution in [0, 0.1) is 11.7 Å². The first kappa shape index (κ1) is 20.8. The van der Waals surface area contributed by atoms with E-state index in [1.807, 2.05) is 12.1 Å². The van der Waals surface area contributed by atoms with Crippen molar-refractivity contribution in [2.75, 3.05) is 6.54 Å². The molecule has 3 aromatic rings. The van der Waals surface area contributed by atoms with Gasteiger partial charge in [0.25, 0.3) is 0 Å². The fourth-order valence-corrected chi connectivity index (χ4v) is 3.14. The van der Waals surface area contributed by atoms with Crippen LogP contribution >= 0.6 is 0 Å². The number of carbonyl (C=O) groups excluding carboxylic acids is 1. The average Bonchev–Trinajstić information content (AvgIpc) is 3.17. The molecule has 0 bridgehead atoms. The van der Waals surface area contributed by atoms with Gasteiger partial charge in [-0.2, -0.15) is 0 Å². The summed E-state index contributed by atoms with van der Waals surface area (Å²) in [6.07, 6.45) is 4.20. The molecule has 2 aromatic carbocycles. The van der Waals surface area contributed by atoms with Crippen molar-refractivity contribution in [2.45, 2.75) is 39.5 Å². The molecule has 4 nitrogen and oxygen atoms in total. The van der Waals surface area contributed by atoms with E-state index in [1.165, 1.54) is 17.7 Å². The number of carbonyl (C=O) groups is 1. The smallest absolute Gasteiger partial charge is 0.220 e. The lowest BCUT2D eigenvalue weighted by molar-refractivity contribution is -0.121. The minimum Gasteiger partial charge on any atom is -0.441 e. The van der Waals surface area contributed by atoms with Gasteiger partial charge in [-0.3, -0.25) is 4.79 Å². The molecule has 0 saturated heterocycles. The largest absolute Gasteiger partial charge is 0.441 e. The van der Waals surface area contributed by atoms with Crippen LogP contribution in [0.4, 0.5) is 4.39 Å². The number of hydrogen-bond acceptors (Lipinski definition) is 3. The lowest BCUT2D eigenvalue weighted by Crippen LogP contribution is -2.25. The summed E-state index contributed by atoms with van der Waals surface area (Å²) in [6.45, 7) is 4.93. The summed E-state index contributed by atoms with van der Waals surface area (Å²) < 4.78 is 18.7. The number of nitrogens with zero attached hydrogens (tertiary/aromatic N) is 1. The maximum atomic E-state index is 12.9. The second-order valence-electron chi connectivity index (χ2n) is 7.64. The first-order valence-corrected chi connectivity index (χ1v) is 10.0. The lowest BCUT2D eigenvalue weighted by Gasteiger charge is -2.05. The summed E-state index contributed by atoms with van der Waals surface area (Å²) in [5, 5.41) is 2.87. The highest BCUT2D eigenvalue weighted by Gasteiger charge is 2.09. The molecule has 5 heteroatoms. The molecule has 0 radical (unpaired) electrons. The molecule has 1 heterocycles. The molecule has 0 atom stereocenters. The molecular formula is C24H27FN2O2. The van der Waals surface area contributed by atoms with Crippen LogP contribution in [0.2, 0.25) is 0 Å². The fourth-order valence-electron chi connectivity index (χ4n) is 3.14. The maximum Gasteiger partial charge on any atom is 0.220 e. The van der Waals surface area contributed by atoms with Crippen molar-refractivity contribution in [1.29, 1.82) is 0 Å². The van der Waals surface area contributed by atoms with E-state index in [0.717, 1.165) is 17.5 Å². The van der Waals surface area contributed by atoms with Gasteiger partial charge in [-0.1, -0.05) is 50.2 Å². The van der Waals surface area contributed by atoms with Crippen LogP contribution in [-0.2, 0) is 24.1 Å². The molecule has 1 aromatic heterocycles. The Labute approximate surface area is 171 Å². The Hall–Kier alpha value is -2.95. The van der Waals surface area contributed by atoms with Crippen molar-refractivity contribution in [3.8, 4) is 11.3 Å². The second kappa shape index (κ2) is 10.0. The summed E-state index contributed by atoms with van der Waals surface area (Å²) in [5.74, 6) is 1.59. The normalized spacial score (nSPS) is 11.0. The van der Waals surface area contributed by atoms with Crippen molar-refractivity contribution in [1.82, 2.24) is 10.3 Å². The third-order valence-corrected chi connectivity index (χ3v) is 4.65. The molecule has 1 N–H and O–H groups in total. The van der Waals surface area contributed by atoms with Crippen molar-refractivity contribution in [3.05, 3.63) is 77.6 Å². The van der Waals surface area contributed by atoms with Gasteiger partial charge in [0.2, 0.25) is 5.91 Å². The number of nitrogens with one attached hydrogen (secondary N) is 1. The Morgan fingerprint density at radius 3 is 2.41 bits per heavy atom. The summed E-state index contributed by atoms with van der Waals surface area (Å²) >= 11 is 0. The first-order chi connectivity index (χ1) is 14.0. The van der Waals surface area contributed by atoms with Gasteiger partial charge in [0.15, 0.2) is 11.7 Å². The Bertz CT molecular complexity index is 915. The quantitative estimate of drug-likeness (QED) is 0.557. The number of rotatable bonds is 9. The molecule has 0 aliphatic carbocycles. The van der Waals surface area contributed by atoms with E-state index in [-0.39, 0.29) is 11.7 Å². The van der Waals surface area contributed by atoms with Crippen molar-refractivity contribution >= 4 is 5.91 Å². The van der Waals surface area contributed by atoms with Crippen molar-refractivity contribution in [2.24, 2.45) is 5.92 Å². The van der Waals surface area contributed by atoms with Crippen molar-refractivity contribution < 1.29 is 13.6 Å². The highest BCUT2D eigenvalue weighted by atomic mass is 19.1. The monoisotopic (exact) mass is 394 g/mol. The van der Waals surface area contributed by atoms with Crippen molar-refractivity contribution in [3.63, 3.8) is 0 Å². The first-order valence-electron chi connectivity index (χ1n) is 10.0. The van der Waals surface area contributed by atoms with Crippen LogP contribution in [0.25, 0.3) is 11.3 Å². The Morgan fingerprint density at radius 2 is 1.72 bits per heavy atom. The highest BCUT2D eigenvalue weighted by molar-refractivity contribution is 5.76. The van der Waals surface area contributed by atoms with Gasteiger partial charge < -0.3 is 9.73 Å². The minimum absolute atomic E-state index is 0.0510. The number of aryl methyl sites for hydroxylation is 1. The zero-order valence-electron chi connectivity index (χ0n) is 17.0. The molecule has 0 aliphatic heterocycles. The fraction of sp³-hybridized carbons (Fsp3) is 0.333. The standard InChI is InChI=1S/C24H27FN2O2/c1-17(2)15-19-3-7-20(8-4-19)22-16-27-24(29-22)12-11-23(28)26-14-13-18-5-9-21(25)10-6-18/h3-10,16-17H,11-15H2,1-2H3,(H,26,28). The SMILES string of the molecule is CC(C)Cc1ccc(-c2cnc(CCC(=O)NCCc3ccc(F)cc3)o2)cc1. The van der Waals surface area contributed by atoms with Crippen LogP contribution in [0.15, 0.2) is 59.1 Å². The molecular weight excluding hydrogens is 367 g/mol. The van der Waals surface area contributed by atoms with Crippen LogP contribution in [0.5, 0.6) is 0 Å². The number of hydrogen-bond donors (Lipinski definition) is 1. The zero-order valence-corrected chi connectivity index (χ0v) is 17.0. The summed E-state index contributed by atoms with van der Waals surface area (Å²) in [5.41, 5.74) is 3.28. The van der Waals surface area contributed by atoms with Gasteiger partial charge in [-0.05, 0) is 42.0 Å². The van der Waals surface area contributed by atoms with Gasteiger partial charge >= 0.3 is 0 Å². The average molecular weight is 394 g/mol. The molecule has 0 fully saturated rings. The van der Waals surface area contributed by atoms with Gasteiger partial charge in [0, 0.05) is 24.9 Å². The van der Waals surface area contributed by atoms with E-state index in [1.54, 1.807) is 18.3 Å². The number of halogens is 1. The lowest BCUT2D eigenvalue weighted by atomic mass is 10.0. The van der Waals surface area contributed by atoms with E-state index >= 15 is 0 Å². The van der Waals surface area contributed by atoms with E-state index in [4.69, 9.17) is 4.42 Å². The molecule has 1 amide bonds. The maximum absolute atomic E-state index is 12.9. The molecule has 3 rings (SSSR count). The van der Waals surface area contributed by atoms with Crippen LogP contribution in [0.3, 0.4) is 0 Å². The predicted octanol–water partition coefficient (Wildman–Crippen LogP) is 4.97. The summed E-state index contributed by atoms with van der Waals surface area (Å²) in [7, 11) is 0. The summed E-state index contributed by atoms with van der Waals surface area (Å²) in [4.78, 5) is 16.3. The van der Waals surface area contributed by atoms with Gasteiger partial charge in [0.05, 0.1) is 6.20 Å². The Kier molecular flexibility index (Phi) is 7.17. The van der Waals surface area contributed by atoms with E-state index in [2.05, 4.69) is 36.3 Å². The van der Waals surface area contributed by atoms with E-state index in [0.29, 0.717) is 43.4 Å². The third kappa shape index (κ3) is 6.56. The van der Waals surface area contributed by atoms with Crippen LogP contribution < -0.4 is 5.32 Å². The van der Waals surface area contributed by atoms with Crippen LogP contribution in [0.1, 0.15) is 37.3 Å². The predicted molar refractivity (Wildman–Crippen MR) is 112 cm³/mol. The molecule has 29 heavy (non-hydrogen) atoms. The number of oxazole rings is 1. The second-order valence-corrected chi connectivity index (χ2v) is 7.64. The van der Waals surface area contributed by atoms with Gasteiger partial charge in [-0.15, -0.1) is 0 Å². The molecule has 0 spiro atoms. The number of aromatic nitrogens is 1. The third-order valence-electron chi connectivity index (χ3n) is 4.65. The highest BCUT2D eigenvalue weighted by Crippen LogP contribution is 2.22. The molecule has 0 unspecified atom stereocenters. The zero-order chi connectivity index (χ0) is 20.6. The molecule has 0 aliphatic rings. The topological polar surface area (TPSA) is 55.1 Å². The Morgan fingerprint density at radius 1 is 1.03 bits per heavy atom. The summed E-state index contributed by atoms with van der Waals surface area (Å²) in [6, 6.07) is 14.6.